The van der Waals surface area contributed by atoms with Gasteiger partial charge in [-0.2, -0.15) is 0 Å². The third-order valence-corrected chi connectivity index (χ3v) is 3.43. The number of aliphatic hydroxyl groups excluding tert-OH is 1. The Hall–Kier alpha value is -2.15. The number of rotatable bonds is 6. The van der Waals surface area contributed by atoms with Crippen LogP contribution >= 0.6 is 0 Å². The van der Waals surface area contributed by atoms with Crippen molar-refractivity contribution in [2.45, 2.75) is 26.3 Å². The summed E-state index contributed by atoms with van der Waals surface area (Å²) < 4.78 is 0. The van der Waals surface area contributed by atoms with E-state index in [1.54, 1.807) is 32.7 Å². The summed E-state index contributed by atoms with van der Waals surface area (Å²) in [6.45, 7) is 5.62. The predicted octanol–water partition coefficient (Wildman–Crippen LogP) is 1.55. The molecule has 1 aromatic rings. The van der Waals surface area contributed by atoms with Gasteiger partial charge < -0.3 is 15.3 Å². The molecule has 0 aliphatic carbocycles. The minimum absolute atomic E-state index is 0.105. The molecule has 2 N–H and O–H groups in total. The summed E-state index contributed by atoms with van der Waals surface area (Å²) in [5.74, 6) is -0.288. The van der Waals surface area contributed by atoms with E-state index in [4.69, 9.17) is 0 Å². The van der Waals surface area contributed by atoms with E-state index in [0.29, 0.717) is 17.8 Å². The zero-order valence-corrected chi connectivity index (χ0v) is 12.7. The van der Waals surface area contributed by atoms with Crippen LogP contribution in [0.5, 0.6) is 0 Å². The first-order valence-corrected chi connectivity index (χ1v) is 6.66. The number of nitrogens with zero attached hydrogens (tertiary/aromatic N) is 2. The van der Waals surface area contributed by atoms with Crippen molar-refractivity contribution < 1.29 is 14.8 Å². The van der Waals surface area contributed by atoms with Crippen molar-refractivity contribution in [3.8, 4) is 0 Å². The van der Waals surface area contributed by atoms with E-state index < -0.39 is 10.5 Å². The second-order valence-electron chi connectivity index (χ2n) is 5.35. The minimum Gasteiger partial charge on any atom is -0.394 e. The van der Waals surface area contributed by atoms with Crippen molar-refractivity contribution in [2.75, 3.05) is 25.1 Å². The van der Waals surface area contributed by atoms with Crippen LogP contribution in [0.2, 0.25) is 0 Å². The first-order valence-electron chi connectivity index (χ1n) is 6.66. The van der Waals surface area contributed by atoms with E-state index in [1.807, 2.05) is 0 Å². The minimum atomic E-state index is -0.690. The topological polar surface area (TPSA) is 95.7 Å². The van der Waals surface area contributed by atoms with Crippen molar-refractivity contribution in [1.82, 2.24) is 5.32 Å². The summed E-state index contributed by atoms with van der Waals surface area (Å²) in [5, 5.41) is 23.2. The lowest BCUT2D eigenvalue weighted by atomic mass is 10.0. The standard InChI is InChI=1S/C14H21N3O4/c1-5-15-13(19)10-6-7-11(17(20)21)12(8-10)16(4)14(2,3)9-18/h6-8,18H,5,9H2,1-4H3,(H,15,19). The van der Waals surface area contributed by atoms with Crippen molar-refractivity contribution in [2.24, 2.45) is 0 Å². The van der Waals surface area contributed by atoms with E-state index in [0.717, 1.165) is 0 Å². The highest BCUT2D eigenvalue weighted by Gasteiger charge is 2.29. The Morgan fingerprint density at radius 1 is 1.48 bits per heavy atom. The molecule has 0 aliphatic heterocycles. The maximum Gasteiger partial charge on any atom is 0.292 e. The van der Waals surface area contributed by atoms with Crippen molar-refractivity contribution in [3.63, 3.8) is 0 Å². The maximum atomic E-state index is 11.9. The highest BCUT2D eigenvalue weighted by Crippen LogP contribution is 2.32. The monoisotopic (exact) mass is 295 g/mol. The molecule has 0 bridgehead atoms. The van der Waals surface area contributed by atoms with Crippen LogP contribution in [-0.2, 0) is 0 Å². The number of nitrogens with one attached hydrogen (secondary N) is 1. The van der Waals surface area contributed by atoms with E-state index in [2.05, 4.69) is 5.32 Å². The third-order valence-electron chi connectivity index (χ3n) is 3.43. The third kappa shape index (κ3) is 3.69. The molecule has 116 valence electrons. The first-order chi connectivity index (χ1) is 9.74. The fourth-order valence-corrected chi connectivity index (χ4v) is 1.78. The van der Waals surface area contributed by atoms with Crippen LogP contribution in [0, 0.1) is 10.1 Å². The normalized spacial score (nSPS) is 11.1. The number of hydrogen-bond acceptors (Lipinski definition) is 5. The van der Waals surface area contributed by atoms with Gasteiger partial charge in [0.15, 0.2) is 0 Å². The molecule has 1 rings (SSSR count). The Morgan fingerprint density at radius 3 is 2.57 bits per heavy atom. The average molecular weight is 295 g/mol. The molecule has 0 saturated heterocycles. The number of amides is 1. The van der Waals surface area contributed by atoms with Crippen LogP contribution in [0.3, 0.4) is 0 Å². The van der Waals surface area contributed by atoms with Crippen LogP contribution in [0.1, 0.15) is 31.1 Å². The molecule has 0 fully saturated rings. The Morgan fingerprint density at radius 2 is 2.10 bits per heavy atom. The Kier molecular flexibility index (Phi) is 5.26. The van der Waals surface area contributed by atoms with Gasteiger partial charge >= 0.3 is 0 Å². The van der Waals surface area contributed by atoms with E-state index in [-0.39, 0.29) is 18.2 Å². The summed E-state index contributed by atoms with van der Waals surface area (Å²) in [6.07, 6.45) is 0. The number of benzene rings is 1. The van der Waals surface area contributed by atoms with Crippen molar-refractivity contribution in [1.29, 1.82) is 0 Å². The number of carbonyl (C=O) groups is 1. The second-order valence-corrected chi connectivity index (χ2v) is 5.35. The SMILES string of the molecule is CCNC(=O)c1ccc([N+](=O)[O-])c(N(C)C(C)(C)CO)c1. The molecular formula is C14H21N3O4. The van der Waals surface area contributed by atoms with Gasteiger partial charge in [-0.05, 0) is 32.9 Å². The molecule has 0 heterocycles. The number of nitro benzene ring substituents is 1. The number of hydrogen-bond donors (Lipinski definition) is 2. The van der Waals surface area contributed by atoms with Crippen molar-refractivity contribution in [3.05, 3.63) is 33.9 Å². The molecule has 1 aromatic carbocycles. The van der Waals surface area contributed by atoms with E-state index >= 15 is 0 Å². The number of carbonyl (C=O) groups excluding carboxylic acids is 1. The molecule has 1 amide bonds. The summed E-state index contributed by atoms with van der Waals surface area (Å²) in [5.41, 5.74) is -0.155. The summed E-state index contributed by atoms with van der Waals surface area (Å²) >= 11 is 0. The molecule has 0 aromatic heterocycles. The largest absolute Gasteiger partial charge is 0.394 e. The lowest BCUT2D eigenvalue weighted by molar-refractivity contribution is -0.384. The van der Waals surface area contributed by atoms with Crippen LogP contribution < -0.4 is 10.2 Å². The fourth-order valence-electron chi connectivity index (χ4n) is 1.78. The fraction of sp³-hybridized carbons (Fsp3) is 0.500. The first kappa shape index (κ1) is 16.9. The molecule has 0 radical (unpaired) electrons. The molecule has 21 heavy (non-hydrogen) atoms. The van der Waals surface area contributed by atoms with Gasteiger partial charge in [0.2, 0.25) is 0 Å². The van der Waals surface area contributed by atoms with Gasteiger partial charge in [-0.3, -0.25) is 14.9 Å². The van der Waals surface area contributed by atoms with Gasteiger partial charge in [0.05, 0.1) is 17.1 Å². The number of anilines is 1. The molecule has 0 spiro atoms. The quantitative estimate of drug-likeness (QED) is 0.613. The zero-order chi connectivity index (χ0) is 16.2. The number of aliphatic hydroxyl groups is 1. The molecule has 7 nitrogen and oxygen atoms in total. The van der Waals surface area contributed by atoms with Gasteiger partial charge in [-0.1, -0.05) is 0 Å². The summed E-state index contributed by atoms with van der Waals surface area (Å²) in [4.78, 5) is 24.1. The molecule has 0 unspecified atom stereocenters. The average Bonchev–Trinajstić information content (AvgIpc) is 2.45. The van der Waals surface area contributed by atoms with Crippen LogP contribution in [0.15, 0.2) is 18.2 Å². The molecule has 7 heteroatoms. The van der Waals surface area contributed by atoms with Crippen LogP contribution in [0.4, 0.5) is 11.4 Å². The molecular weight excluding hydrogens is 274 g/mol. The lowest BCUT2D eigenvalue weighted by Gasteiger charge is -2.35. The Bertz CT molecular complexity index is 543. The highest BCUT2D eigenvalue weighted by molar-refractivity contribution is 5.96. The summed E-state index contributed by atoms with van der Waals surface area (Å²) in [7, 11) is 1.65. The van der Waals surface area contributed by atoms with Gasteiger partial charge in [-0.15, -0.1) is 0 Å². The van der Waals surface area contributed by atoms with E-state index in [1.165, 1.54) is 18.2 Å². The van der Waals surface area contributed by atoms with Gasteiger partial charge in [0.25, 0.3) is 11.6 Å². The van der Waals surface area contributed by atoms with Crippen molar-refractivity contribution >= 4 is 17.3 Å². The number of nitro groups is 1. The van der Waals surface area contributed by atoms with Gasteiger partial charge in [0, 0.05) is 25.2 Å². The molecule has 0 saturated carbocycles. The highest BCUT2D eigenvalue weighted by atomic mass is 16.6. The maximum absolute atomic E-state index is 11.9. The van der Waals surface area contributed by atoms with Crippen LogP contribution in [0.25, 0.3) is 0 Å². The number of likely N-dealkylation sites (N-methyl/N-ethyl adjacent to an activating group) is 1. The van der Waals surface area contributed by atoms with Crippen LogP contribution in [-0.4, -0.2) is 41.7 Å². The predicted molar refractivity (Wildman–Crippen MR) is 80.7 cm³/mol. The Balaban J connectivity index is 3.34. The smallest absolute Gasteiger partial charge is 0.292 e. The lowest BCUT2D eigenvalue weighted by Crippen LogP contribution is -2.44. The van der Waals surface area contributed by atoms with Gasteiger partial charge in [-0.25, -0.2) is 0 Å². The Labute approximate surface area is 123 Å². The summed E-state index contributed by atoms with van der Waals surface area (Å²) in [6, 6.07) is 4.21. The second kappa shape index (κ2) is 6.53. The molecule has 0 aliphatic rings. The zero-order valence-electron chi connectivity index (χ0n) is 12.7. The van der Waals surface area contributed by atoms with Gasteiger partial charge in [0.1, 0.15) is 5.69 Å². The van der Waals surface area contributed by atoms with E-state index in [9.17, 15) is 20.0 Å². The molecule has 0 atom stereocenters.